The number of allylic oxidation sites excluding steroid dienone is 2. The minimum absolute atomic E-state index is 0.0667. The van der Waals surface area contributed by atoms with Crippen molar-refractivity contribution in [1.29, 1.82) is 0 Å². The molecule has 7 atom stereocenters. The summed E-state index contributed by atoms with van der Waals surface area (Å²) in [6.45, 7) is 9.77. The van der Waals surface area contributed by atoms with Gasteiger partial charge < -0.3 is 9.47 Å². The molecule has 0 radical (unpaired) electrons. The Bertz CT molecular complexity index is 914. The van der Waals surface area contributed by atoms with E-state index in [2.05, 4.69) is 33.8 Å². The maximum absolute atomic E-state index is 13.0. The van der Waals surface area contributed by atoms with Crippen molar-refractivity contribution in [3.8, 4) is 0 Å². The van der Waals surface area contributed by atoms with Gasteiger partial charge in [-0.3, -0.25) is 0 Å². The number of rotatable bonds is 2. The van der Waals surface area contributed by atoms with Gasteiger partial charge in [0.1, 0.15) is 0 Å². The topological polar surface area (TPSA) is 52.6 Å². The van der Waals surface area contributed by atoms with Crippen molar-refractivity contribution < 1.29 is 19.1 Å². The summed E-state index contributed by atoms with van der Waals surface area (Å²) in [4.78, 5) is 25.6. The predicted molar refractivity (Wildman–Crippen MR) is 119 cm³/mol. The number of ether oxygens (including phenoxy) is 2. The minimum atomic E-state index is -0.454. The van der Waals surface area contributed by atoms with E-state index in [9.17, 15) is 9.59 Å². The Morgan fingerprint density at radius 1 is 0.871 bits per heavy atom. The number of hydrogen-bond acceptors (Lipinski definition) is 4. The summed E-state index contributed by atoms with van der Waals surface area (Å²) >= 11 is 0. The lowest BCUT2D eigenvalue weighted by Crippen LogP contribution is -2.58. The molecule has 31 heavy (non-hydrogen) atoms. The average Bonchev–Trinajstić information content (AvgIpc) is 3.42. The van der Waals surface area contributed by atoms with Crippen LogP contribution >= 0.6 is 0 Å². The predicted octanol–water partition coefficient (Wildman–Crippen LogP) is 5.62. The second kappa shape index (κ2) is 6.48. The molecule has 4 saturated carbocycles. The summed E-state index contributed by atoms with van der Waals surface area (Å²) in [5.41, 5.74) is 2.95. The first kappa shape index (κ1) is 21.3. The Morgan fingerprint density at radius 3 is 2.23 bits per heavy atom. The quantitative estimate of drug-likeness (QED) is 0.425. The van der Waals surface area contributed by atoms with Gasteiger partial charge in [0, 0.05) is 5.41 Å². The van der Waals surface area contributed by atoms with E-state index in [0.29, 0.717) is 34.3 Å². The van der Waals surface area contributed by atoms with Gasteiger partial charge in [-0.15, -0.1) is 0 Å². The van der Waals surface area contributed by atoms with Crippen LogP contribution in [0.2, 0.25) is 0 Å². The van der Waals surface area contributed by atoms with Crippen LogP contribution < -0.4 is 0 Å². The van der Waals surface area contributed by atoms with Crippen LogP contribution in [0.5, 0.6) is 0 Å². The van der Waals surface area contributed by atoms with Gasteiger partial charge >= 0.3 is 11.9 Å². The smallest absolute Gasteiger partial charge is 0.335 e. The molecule has 0 heterocycles. The fourth-order valence-electron chi connectivity index (χ4n) is 9.45. The third-order valence-corrected chi connectivity index (χ3v) is 10.9. The van der Waals surface area contributed by atoms with E-state index < -0.39 is 11.4 Å². The zero-order valence-corrected chi connectivity index (χ0v) is 20.1. The molecule has 0 bridgehead atoms. The summed E-state index contributed by atoms with van der Waals surface area (Å²) in [5, 5.41) is 0. The molecule has 5 rings (SSSR count). The number of hydrogen-bond donors (Lipinski definition) is 0. The van der Waals surface area contributed by atoms with E-state index in [0.717, 1.165) is 24.7 Å². The molecule has 170 valence electrons. The number of esters is 2. The number of fused-ring (bicyclic) bond motifs is 7. The van der Waals surface area contributed by atoms with Crippen LogP contribution in [0.15, 0.2) is 22.8 Å². The molecule has 5 aliphatic rings. The van der Waals surface area contributed by atoms with Gasteiger partial charge in [0.25, 0.3) is 0 Å². The minimum Gasteiger partial charge on any atom is -0.466 e. The monoisotopic (exact) mass is 426 g/mol. The first-order valence-corrected chi connectivity index (χ1v) is 12.2. The van der Waals surface area contributed by atoms with Gasteiger partial charge in [-0.1, -0.05) is 39.3 Å². The van der Waals surface area contributed by atoms with Crippen molar-refractivity contribution in [2.24, 2.45) is 39.4 Å². The van der Waals surface area contributed by atoms with Crippen LogP contribution in [0, 0.1) is 39.4 Å². The fraction of sp³-hybridized carbons (Fsp3) is 0.778. The Hall–Kier alpha value is -1.58. The van der Waals surface area contributed by atoms with Gasteiger partial charge in [0.2, 0.25) is 0 Å². The molecule has 0 saturated heterocycles. The molecular formula is C27H38O4. The van der Waals surface area contributed by atoms with Crippen molar-refractivity contribution in [2.45, 2.75) is 79.1 Å². The van der Waals surface area contributed by atoms with Gasteiger partial charge in [0.15, 0.2) is 0 Å². The standard InChI is InChI=1S/C27H38O4/c1-24-12-9-16-15-27(16,4)20(24)10-13-25(2)18-8-7-17(22(28)30-5)21(23(29)31-6)26(18,3)14-11-19(24)25/h8,16,19-20H,7,9-15H2,1-6H3/t16?,19?,20?,24-,25+,26-,27-/m1/s1. The molecule has 0 aromatic heterocycles. The van der Waals surface area contributed by atoms with Crippen LogP contribution in [-0.4, -0.2) is 26.2 Å². The van der Waals surface area contributed by atoms with E-state index in [1.165, 1.54) is 51.9 Å². The normalized spacial score (nSPS) is 47.8. The van der Waals surface area contributed by atoms with Crippen LogP contribution in [0.3, 0.4) is 0 Å². The molecule has 0 aliphatic heterocycles. The first-order valence-electron chi connectivity index (χ1n) is 12.2. The van der Waals surface area contributed by atoms with Crippen LogP contribution in [0.1, 0.15) is 79.1 Å². The maximum Gasteiger partial charge on any atom is 0.335 e. The average molecular weight is 427 g/mol. The highest BCUT2D eigenvalue weighted by atomic mass is 16.5. The summed E-state index contributed by atoms with van der Waals surface area (Å²) in [7, 11) is 2.81. The molecule has 0 N–H and O–H groups in total. The number of carbonyl (C=O) groups excluding carboxylic acids is 2. The molecular weight excluding hydrogens is 388 g/mol. The highest BCUT2D eigenvalue weighted by Gasteiger charge is 2.69. The van der Waals surface area contributed by atoms with Crippen molar-refractivity contribution in [1.82, 2.24) is 0 Å². The van der Waals surface area contributed by atoms with Gasteiger partial charge in [0.05, 0.1) is 25.4 Å². The zero-order chi connectivity index (χ0) is 22.4. The molecule has 4 nitrogen and oxygen atoms in total. The summed E-state index contributed by atoms with van der Waals surface area (Å²) in [6, 6.07) is 0. The lowest BCUT2D eigenvalue weighted by atomic mass is 9.39. The third-order valence-electron chi connectivity index (χ3n) is 10.9. The van der Waals surface area contributed by atoms with Gasteiger partial charge in [-0.2, -0.15) is 0 Å². The maximum atomic E-state index is 13.0. The third kappa shape index (κ3) is 2.54. The summed E-state index contributed by atoms with van der Waals surface area (Å²) < 4.78 is 10.3. The first-order chi connectivity index (χ1) is 14.6. The summed E-state index contributed by atoms with van der Waals surface area (Å²) in [6.07, 6.45) is 11.4. The van der Waals surface area contributed by atoms with E-state index in [1.807, 2.05) is 0 Å². The largest absolute Gasteiger partial charge is 0.466 e. The Labute approximate surface area is 186 Å². The molecule has 3 unspecified atom stereocenters. The van der Waals surface area contributed by atoms with E-state index in [4.69, 9.17) is 9.47 Å². The summed E-state index contributed by atoms with van der Waals surface area (Å²) in [5.74, 6) is 1.64. The van der Waals surface area contributed by atoms with E-state index >= 15 is 0 Å². The van der Waals surface area contributed by atoms with Crippen LogP contribution in [-0.2, 0) is 19.1 Å². The van der Waals surface area contributed by atoms with Crippen molar-refractivity contribution >= 4 is 11.9 Å². The number of methoxy groups -OCH3 is 2. The van der Waals surface area contributed by atoms with Crippen molar-refractivity contribution in [3.63, 3.8) is 0 Å². The second-order valence-corrected chi connectivity index (χ2v) is 12.0. The SMILES string of the molecule is COC(=O)C1=C(C(=O)OC)[C@]2(C)CCC3[C@@]4(C)CCC5C[C@@]5(C)C4CC[C@@]3(C)C2=CC1. The second-order valence-electron chi connectivity index (χ2n) is 12.0. The highest BCUT2D eigenvalue weighted by Crippen LogP contribution is 2.77. The van der Waals surface area contributed by atoms with Gasteiger partial charge in [-0.05, 0) is 85.4 Å². The molecule has 0 amide bonds. The highest BCUT2D eigenvalue weighted by molar-refractivity contribution is 6.02. The lowest BCUT2D eigenvalue weighted by Gasteiger charge is -2.65. The number of carbonyl (C=O) groups is 2. The van der Waals surface area contributed by atoms with E-state index in [1.54, 1.807) is 0 Å². The molecule has 5 aliphatic carbocycles. The van der Waals surface area contributed by atoms with Crippen molar-refractivity contribution in [3.05, 3.63) is 22.8 Å². The molecule has 0 aromatic rings. The fourth-order valence-corrected chi connectivity index (χ4v) is 9.45. The van der Waals surface area contributed by atoms with Crippen LogP contribution in [0.4, 0.5) is 0 Å². The Balaban J connectivity index is 1.58. The Kier molecular flexibility index (Phi) is 4.45. The Morgan fingerprint density at radius 2 is 1.55 bits per heavy atom. The molecule has 4 fully saturated rings. The molecule has 0 aromatic carbocycles. The zero-order valence-electron chi connectivity index (χ0n) is 20.1. The molecule has 0 spiro atoms. The van der Waals surface area contributed by atoms with Crippen LogP contribution in [0.25, 0.3) is 0 Å². The van der Waals surface area contributed by atoms with Gasteiger partial charge in [-0.25, -0.2) is 9.59 Å². The van der Waals surface area contributed by atoms with Crippen molar-refractivity contribution in [2.75, 3.05) is 14.2 Å². The lowest BCUT2D eigenvalue weighted by molar-refractivity contribution is -0.142. The van der Waals surface area contributed by atoms with E-state index in [-0.39, 0.29) is 11.4 Å². The molecule has 4 heteroatoms.